The highest BCUT2D eigenvalue weighted by Crippen LogP contribution is 2.35. The quantitative estimate of drug-likeness (QED) is 0.419. The molecule has 0 aliphatic rings. The van der Waals surface area contributed by atoms with Crippen LogP contribution in [0.2, 0.25) is 0 Å². The van der Waals surface area contributed by atoms with E-state index in [-0.39, 0.29) is 13.1 Å². The molecule has 3 rings (SSSR count). The van der Waals surface area contributed by atoms with Crippen molar-refractivity contribution in [2.45, 2.75) is 59.3 Å². The van der Waals surface area contributed by atoms with Gasteiger partial charge in [-0.3, -0.25) is 14.3 Å². The summed E-state index contributed by atoms with van der Waals surface area (Å²) in [4.78, 5) is 25.2. The Balaban J connectivity index is 1.85. The Bertz CT molecular complexity index is 1280. The Morgan fingerprint density at radius 1 is 1.06 bits per heavy atom. The first-order chi connectivity index (χ1) is 17.0. The standard InChI is InChI=1S/C27H30F3N3O3/c1-4-26(5-2,14-19-9-7-11-21(13-19)27(28,29)30)17-33-16-22(34)24(35)23(32-33)25(36)31-15-20-10-6-8-18(3)12-20/h6-13,16,34H,4-5,14-15,17H2,1-3H3,(H,31,36). The second kappa shape index (κ2) is 11.0. The third-order valence-electron chi connectivity index (χ3n) is 6.53. The van der Waals surface area contributed by atoms with Gasteiger partial charge in [-0.2, -0.15) is 18.3 Å². The van der Waals surface area contributed by atoms with Crippen molar-refractivity contribution in [3.05, 3.63) is 92.9 Å². The number of benzene rings is 2. The molecule has 2 aromatic carbocycles. The van der Waals surface area contributed by atoms with Crippen molar-refractivity contribution in [3.8, 4) is 5.75 Å². The Morgan fingerprint density at radius 2 is 1.72 bits per heavy atom. The van der Waals surface area contributed by atoms with Gasteiger partial charge in [-0.05, 0) is 48.8 Å². The SMILES string of the molecule is CCC(CC)(Cc1cccc(C(F)(F)F)c1)Cn1cc(O)c(=O)c(C(=O)NCc2cccc(C)c2)n1. The Labute approximate surface area is 207 Å². The van der Waals surface area contributed by atoms with Gasteiger partial charge in [0.1, 0.15) is 0 Å². The van der Waals surface area contributed by atoms with E-state index in [2.05, 4.69) is 10.4 Å². The van der Waals surface area contributed by atoms with Gasteiger partial charge in [0.05, 0.1) is 11.8 Å². The number of halogens is 3. The maximum absolute atomic E-state index is 13.2. The van der Waals surface area contributed by atoms with Crippen molar-refractivity contribution < 1.29 is 23.1 Å². The first-order valence-corrected chi connectivity index (χ1v) is 11.8. The summed E-state index contributed by atoms with van der Waals surface area (Å²) in [6.07, 6.45) is -1.75. The van der Waals surface area contributed by atoms with E-state index in [0.29, 0.717) is 24.8 Å². The van der Waals surface area contributed by atoms with Crippen molar-refractivity contribution >= 4 is 5.91 Å². The number of alkyl halides is 3. The molecule has 9 heteroatoms. The van der Waals surface area contributed by atoms with E-state index in [1.807, 2.05) is 45.0 Å². The van der Waals surface area contributed by atoms with E-state index in [1.165, 1.54) is 10.7 Å². The van der Waals surface area contributed by atoms with Crippen LogP contribution in [0.5, 0.6) is 5.75 Å². The summed E-state index contributed by atoms with van der Waals surface area (Å²) in [6.45, 7) is 6.15. The Kier molecular flexibility index (Phi) is 8.22. The lowest BCUT2D eigenvalue weighted by atomic mass is 9.76. The molecular formula is C27H30F3N3O3. The van der Waals surface area contributed by atoms with Gasteiger partial charge in [-0.1, -0.05) is 61.9 Å². The van der Waals surface area contributed by atoms with Crippen LogP contribution < -0.4 is 10.7 Å². The molecule has 2 N–H and O–H groups in total. The summed E-state index contributed by atoms with van der Waals surface area (Å²) >= 11 is 0. The minimum atomic E-state index is -4.44. The molecule has 0 spiro atoms. The number of nitrogens with one attached hydrogen (secondary N) is 1. The number of amides is 1. The third-order valence-corrected chi connectivity index (χ3v) is 6.53. The number of nitrogens with zero attached hydrogens (tertiary/aromatic N) is 2. The number of carbonyl (C=O) groups excluding carboxylic acids is 1. The zero-order valence-corrected chi connectivity index (χ0v) is 20.5. The van der Waals surface area contributed by atoms with E-state index < -0.39 is 39.9 Å². The summed E-state index contributed by atoms with van der Waals surface area (Å²) in [5, 5.41) is 17.1. The van der Waals surface area contributed by atoms with Gasteiger partial charge in [-0.15, -0.1) is 0 Å². The fourth-order valence-electron chi connectivity index (χ4n) is 4.26. The molecule has 1 heterocycles. The van der Waals surface area contributed by atoms with Crippen molar-refractivity contribution in [2.75, 3.05) is 0 Å². The van der Waals surface area contributed by atoms with Crippen LogP contribution in [0.3, 0.4) is 0 Å². The van der Waals surface area contributed by atoms with Crippen LogP contribution in [0.1, 0.15) is 59.4 Å². The second-order valence-corrected chi connectivity index (χ2v) is 9.14. The first kappa shape index (κ1) is 27.0. The largest absolute Gasteiger partial charge is 0.503 e. The van der Waals surface area contributed by atoms with Gasteiger partial charge in [0, 0.05) is 13.1 Å². The molecular weight excluding hydrogens is 471 g/mol. The minimum Gasteiger partial charge on any atom is -0.503 e. The van der Waals surface area contributed by atoms with Gasteiger partial charge in [0.2, 0.25) is 0 Å². The van der Waals surface area contributed by atoms with E-state index >= 15 is 0 Å². The van der Waals surface area contributed by atoms with Crippen LogP contribution in [-0.4, -0.2) is 20.8 Å². The van der Waals surface area contributed by atoms with E-state index in [1.54, 1.807) is 6.07 Å². The van der Waals surface area contributed by atoms with Gasteiger partial charge in [0.25, 0.3) is 11.3 Å². The second-order valence-electron chi connectivity index (χ2n) is 9.14. The van der Waals surface area contributed by atoms with E-state index in [9.17, 15) is 27.9 Å². The summed E-state index contributed by atoms with van der Waals surface area (Å²) in [7, 11) is 0. The number of hydrogen-bond acceptors (Lipinski definition) is 4. The molecule has 1 aromatic heterocycles. The zero-order chi connectivity index (χ0) is 26.5. The molecule has 6 nitrogen and oxygen atoms in total. The van der Waals surface area contributed by atoms with Gasteiger partial charge in [-0.25, -0.2) is 0 Å². The van der Waals surface area contributed by atoms with Gasteiger partial charge >= 0.3 is 6.18 Å². The topological polar surface area (TPSA) is 84.2 Å². The maximum atomic E-state index is 13.2. The summed E-state index contributed by atoms with van der Waals surface area (Å²) < 4.78 is 40.9. The lowest BCUT2D eigenvalue weighted by molar-refractivity contribution is -0.137. The van der Waals surface area contributed by atoms with Gasteiger partial charge < -0.3 is 10.4 Å². The average molecular weight is 502 g/mol. The predicted molar refractivity (Wildman–Crippen MR) is 131 cm³/mol. The molecule has 0 radical (unpaired) electrons. The minimum absolute atomic E-state index is 0.181. The van der Waals surface area contributed by atoms with E-state index in [0.717, 1.165) is 29.5 Å². The van der Waals surface area contributed by atoms with Crippen LogP contribution in [0.25, 0.3) is 0 Å². The third kappa shape index (κ3) is 6.53. The van der Waals surface area contributed by atoms with E-state index in [4.69, 9.17) is 0 Å². The Morgan fingerprint density at radius 3 is 2.36 bits per heavy atom. The smallest absolute Gasteiger partial charge is 0.416 e. The monoisotopic (exact) mass is 501 g/mol. The van der Waals surface area contributed by atoms with Crippen LogP contribution >= 0.6 is 0 Å². The van der Waals surface area contributed by atoms with Crippen LogP contribution in [0.4, 0.5) is 13.2 Å². The molecule has 0 bridgehead atoms. The fourth-order valence-corrected chi connectivity index (χ4v) is 4.26. The van der Waals surface area contributed by atoms with Crippen LogP contribution in [-0.2, 0) is 25.7 Å². The number of hydrogen-bond donors (Lipinski definition) is 2. The molecule has 0 atom stereocenters. The fraction of sp³-hybridized carbons (Fsp3) is 0.370. The van der Waals surface area contributed by atoms with Crippen molar-refractivity contribution in [1.29, 1.82) is 0 Å². The zero-order valence-electron chi connectivity index (χ0n) is 20.5. The number of rotatable bonds is 9. The highest BCUT2D eigenvalue weighted by atomic mass is 19.4. The lowest BCUT2D eigenvalue weighted by Gasteiger charge is -2.32. The molecule has 0 aliphatic carbocycles. The molecule has 1 amide bonds. The highest BCUT2D eigenvalue weighted by molar-refractivity contribution is 5.92. The van der Waals surface area contributed by atoms with Crippen molar-refractivity contribution in [2.24, 2.45) is 5.41 Å². The molecule has 0 saturated heterocycles. The molecule has 192 valence electrons. The van der Waals surface area contributed by atoms with Crippen molar-refractivity contribution in [3.63, 3.8) is 0 Å². The predicted octanol–water partition coefficient (Wildman–Crippen LogP) is 5.26. The molecule has 36 heavy (non-hydrogen) atoms. The number of aromatic nitrogens is 2. The summed E-state index contributed by atoms with van der Waals surface area (Å²) in [5.41, 5.74) is -0.166. The normalized spacial score (nSPS) is 11.9. The van der Waals surface area contributed by atoms with Crippen LogP contribution in [0.15, 0.2) is 59.5 Å². The van der Waals surface area contributed by atoms with Crippen LogP contribution in [0, 0.1) is 12.3 Å². The molecule has 0 fully saturated rings. The summed E-state index contributed by atoms with van der Waals surface area (Å²) in [6, 6.07) is 12.7. The summed E-state index contributed by atoms with van der Waals surface area (Å²) in [5.74, 6) is -1.34. The maximum Gasteiger partial charge on any atom is 0.416 e. The van der Waals surface area contributed by atoms with Crippen molar-refractivity contribution in [1.82, 2.24) is 15.1 Å². The molecule has 3 aromatic rings. The van der Waals surface area contributed by atoms with Gasteiger partial charge in [0.15, 0.2) is 11.4 Å². The number of aryl methyl sites for hydroxylation is 1. The molecule has 0 unspecified atom stereocenters. The lowest BCUT2D eigenvalue weighted by Crippen LogP contribution is -2.34. The molecule has 0 aliphatic heterocycles. The number of carbonyl (C=O) groups is 1. The first-order valence-electron chi connectivity index (χ1n) is 11.8. The molecule has 0 saturated carbocycles. The Hall–Kier alpha value is -3.62. The number of aromatic hydroxyl groups is 1. The average Bonchev–Trinajstić information content (AvgIpc) is 2.84. The highest BCUT2D eigenvalue weighted by Gasteiger charge is 2.32.